The molecule has 0 aromatic carbocycles. The van der Waals surface area contributed by atoms with Gasteiger partial charge in [-0.2, -0.15) is 0 Å². The number of aliphatic hydroxyl groups is 1. The van der Waals surface area contributed by atoms with E-state index < -0.39 is 6.10 Å². The Labute approximate surface area is 55.9 Å². The van der Waals surface area contributed by atoms with E-state index in [-0.39, 0.29) is 5.78 Å². The highest BCUT2D eigenvalue weighted by Gasteiger charge is 2.06. The third-order valence-electron chi connectivity index (χ3n) is 1.30. The molecule has 0 fully saturated rings. The number of unbranched alkanes of at least 4 members (excludes halogenated alkanes) is 1. The first-order valence-electron chi connectivity index (χ1n) is 3.37. The molecule has 0 aromatic rings. The average Bonchev–Trinajstić information content (AvgIpc) is 1.82. The minimum absolute atomic E-state index is 0.122. The summed E-state index contributed by atoms with van der Waals surface area (Å²) >= 11 is 0. The van der Waals surface area contributed by atoms with Gasteiger partial charge in [-0.05, 0) is 13.3 Å². The minimum Gasteiger partial charge on any atom is -0.385 e. The Kier molecular flexibility index (Phi) is 4.32. The van der Waals surface area contributed by atoms with E-state index in [0.29, 0.717) is 6.42 Å². The SMILES string of the molecule is CCCCC(O)C(C)=O. The number of ketones is 1. The monoisotopic (exact) mass is 130 g/mol. The molecule has 0 rings (SSSR count). The van der Waals surface area contributed by atoms with Crippen LogP contribution in [0.5, 0.6) is 0 Å². The van der Waals surface area contributed by atoms with E-state index in [1.54, 1.807) is 0 Å². The molecule has 0 aliphatic carbocycles. The van der Waals surface area contributed by atoms with Crippen LogP contribution < -0.4 is 0 Å². The maximum atomic E-state index is 10.4. The van der Waals surface area contributed by atoms with Gasteiger partial charge < -0.3 is 5.11 Å². The molecule has 0 heterocycles. The van der Waals surface area contributed by atoms with Crippen LogP contribution in [0.4, 0.5) is 0 Å². The topological polar surface area (TPSA) is 37.3 Å². The Hall–Kier alpha value is -0.370. The number of aliphatic hydroxyl groups excluding tert-OH is 1. The molecule has 54 valence electrons. The largest absolute Gasteiger partial charge is 0.385 e. The van der Waals surface area contributed by atoms with Crippen molar-refractivity contribution in [1.29, 1.82) is 0 Å². The van der Waals surface area contributed by atoms with E-state index in [4.69, 9.17) is 5.11 Å². The van der Waals surface area contributed by atoms with Crippen LogP contribution in [-0.4, -0.2) is 17.0 Å². The van der Waals surface area contributed by atoms with E-state index in [1.165, 1.54) is 6.92 Å². The summed E-state index contributed by atoms with van der Waals surface area (Å²) in [6.07, 6.45) is 1.86. The standard InChI is InChI=1S/C7H14O2/c1-3-4-5-7(9)6(2)8/h7,9H,3-5H2,1-2H3. The third-order valence-corrected chi connectivity index (χ3v) is 1.30. The highest BCUT2D eigenvalue weighted by Crippen LogP contribution is 1.99. The van der Waals surface area contributed by atoms with Crippen molar-refractivity contribution in [3.8, 4) is 0 Å². The van der Waals surface area contributed by atoms with Crippen LogP contribution in [-0.2, 0) is 4.79 Å². The molecule has 1 atom stereocenters. The summed E-state index contributed by atoms with van der Waals surface area (Å²) in [4.78, 5) is 10.4. The van der Waals surface area contributed by atoms with Gasteiger partial charge in [-0.15, -0.1) is 0 Å². The predicted octanol–water partition coefficient (Wildman–Crippen LogP) is 1.13. The van der Waals surface area contributed by atoms with E-state index in [1.807, 2.05) is 6.92 Å². The zero-order valence-electron chi connectivity index (χ0n) is 6.05. The molecule has 0 radical (unpaired) electrons. The first-order chi connectivity index (χ1) is 4.18. The van der Waals surface area contributed by atoms with Crippen LogP contribution in [0.3, 0.4) is 0 Å². The summed E-state index contributed by atoms with van der Waals surface area (Å²) in [6, 6.07) is 0. The van der Waals surface area contributed by atoms with Crippen molar-refractivity contribution in [2.75, 3.05) is 0 Å². The van der Waals surface area contributed by atoms with Crippen molar-refractivity contribution in [1.82, 2.24) is 0 Å². The zero-order valence-corrected chi connectivity index (χ0v) is 6.05. The van der Waals surface area contributed by atoms with Crippen LogP contribution >= 0.6 is 0 Å². The van der Waals surface area contributed by atoms with Crippen LogP contribution in [0.1, 0.15) is 33.1 Å². The van der Waals surface area contributed by atoms with Crippen molar-refractivity contribution in [3.05, 3.63) is 0 Å². The fourth-order valence-corrected chi connectivity index (χ4v) is 0.601. The lowest BCUT2D eigenvalue weighted by atomic mass is 10.1. The lowest BCUT2D eigenvalue weighted by molar-refractivity contribution is -0.125. The first-order valence-corrected chi connectivity index (χ1v) is 3.37. The van der Waals surface area contributed by atoms with Crippen LogP contribution in [0.2, 0.25) is 0 Å². The smallest absolute Gasteiger partial charge is 0.158 e. The van der Waals surface area contributed by atoms with Crippen LogP contribution in [0.15, 0.2) is 0 Å². The summed E-state index contributed by atoms with van der Waals surface area (Å²) in [5.41, 5.74) is 0. The quantitative estimate of drug-likeness (QED) is 0.619. The molecule has 0 saturated carbocycles. The summed E-state index contributed by atoms with van der Waals surface area (Å²) in [6.45, 7) is 3.45. The molecule has 0 aliphatic heterocycles. The number of carbonyl (C=O) groups is 1. The van der Waals surface area contributed by atoms with Gasteiger partial charge in [0, 0.05) is 0 Å². The minimum atomic E-state index is -0.718. The lowest BCUT2D eigenvalue weighted by Gasteiger charge is -2.02. The van der Waals surface area contributed by atoms with Crippen molar-refractivity contribution >= 4 is 5.78 Å². The number of hydrogen-bond donors (Lipinski definition) is 1. The molecule has 0 aliphatic rings. The highest BCUT2D eigenvalue weighted by atomic mass is 16.3. The van der Waals surface area contributed by atoms with Crippen molar-refractivity contribution in [3.63, 3.8) is 0 Å². The first kappa shape index (κ1) is 8.63. The van der Waals surface area contributed by atoms with E-state index in [0.717, 1.165) is 12.8 Å². The molecular weight excluding hydrogens is 116 g/mol. The summed E-state index contributed by atoms with van der Waals surface area (Å²) in [7, 11) is 0. The normalized spacial score (nSPS) is 13.2. The van der Waals surface area contributed by atoms with Gasteiger partial charge >= 0.3 is 0 Å². The Balaban J connectivity index is 3.27. The second-order valence-corrected chi connectivity index (χ2v) is 2.27. The molecule has 2 nitrogen and oxygen atoms in total. The molecule has 2 heteroatoms. The van der Waals surface area contributed by atoms with E-state index in [9.17, 15) is 4.79 Å². The molecule has 0 bridgehead atoms. The third kappa shape index (κ3) is 4.15. The van der Waals surface area contributed by atoms with Gasteiger partial charge in [0.05, 0.1) is 0 Å². The fourth-order valence-electron chi connectivity index (χ4n) is 0.601. The average molecular weight is 130 g/mol. The molecular formula is C7H14O2. The second-order valence-electron chi connectivity index (χ2n) is 2.27. The zero-order chi connectivity index (χ0) is 7.28. The Bertz CT molecular complexity index is 88.9. The summed E-state index contributed by atoms with van der Waals surface area (Å²) < 4.78 is 0. The molecule has 1 N–H and O–H groups in total. The van der Waals surface area contributed by atoms with Gasteiger partial charge in [-0.25, -0.2) is 0 Å². The fraction of sp³-hybridized carbons (Fsp3) is 0.857. The number of hydrogen-bond acceptors (Lipinski definition) is 2. The van der Waals surface area contributed by atoms with Crippen molar-refractivity contribution < 1.29 is 9.90 Å². The molecule has 0 aromatic heterocycles. The maximum absolute atomic E-state index is 10.4. The Morgan fingerprint density at radius 2 is 2.22 bits per heavy atom. The van der Waals surface area contributed by atoms with Gasteiger partial charge in [0.2, 0.25) is 0 Å². The molecule has 0 saturated heterocycles. The predicted molar refractivity (Wildman–Crippen MR) is 36.2 cm³/mol. The van der Waals surface area contributed by atoms with Crippen LogP contribution in [0, 0.1) is 0 Å². The Morgan fingerprint density at radius 3 is 2.56 bits per heavy atom. The van der Waals surface area contributed by atoms with Gasteiger partial charge in [-0.3, -0.25) is 4.79 Å². The molecule has 0 amide bonds. The van der Waals surface area contributed by atoms with Crippen molar-refractivity contribution in [2.24, 2.45) is 0 Å². The molecule has 0 spiro atoms. The van der Waals surface area contributed by atoms with Gasteiger partial charge in [0.1, 0.15) is 6.10 Å². The van der Waals surface area contributed by atoms with Gasteiger partial charge in [0.25, 0.3) is 0 Å². The number of Topliss-reactive ketones (excluding diaryl/α,β-unsaturated/α-hetero) is 1. The maximum Gasteiger partial charge on any atom is 0.158 e. The molecule has 9 heavy (non-hydrogen) atoms. The summed E-state index contributed by atoms with van der Waals surface area (Å²) in [5, 5.41) is 8.91. The molecule has 1 unspecified atom stereocenters. The van der Waals surface area contributed by atoms with Crippen molar-refractivity contribution in [2.45, 2.75) is 39.2 Å². The second kappa shape index (κ2) is 4.50. The lowest BCUT2D eigenvalue weighted by Crippen LogP contribution is -2.15. The highest BCUT2D eigenvalue weighted by molar-refractivity contribution is 5.79. The number of carbonyl (C=O) groups excluding carboxylic acids is 1. The van der Waals surface area contributed by atoms with E-state index in [2.05, 4.69) is 0 Å². The van der Waals surface area contributed by atoms with E-state index >= 15 is 0 Å². The number of rotatable bonds is 4. The van der Waals surface area contributed by atoms with Crippen LogP contribution in [0.25, 0.3) is 0 Å². The summed E-state index contributed by atoms with van der Waals surface area (Å²) in [5.74, 6) is -0.122. The van der Waals surface area contributed by atoms with Gasteiger partial charge in [-0.1, -0.05) is 19.8 Å². The Morgan fingerprint density at radius 1 is 1.67 bits per heavy atom. The van der Waals surface area contributed by atoms with Gasteiger partial charge in [0.15, 0.2) is 5.78 Å².